The van der Waals surface area contributed by atoms with Crippen LogP contribution >= 0.6 is 39.1 Å². The van der Waals surface area contributed by atoms with Crippen LogP contribution in [0.1, 0.15) is 19.8 Å². The Kier molecular flexibility index (Phi) is 7.11. The van der Waals surface area contributed by atoms with Crippen molar-refractivity contribution >= 4 is 49.2 Å². The molecule has 0 heterocycles. The van der Waals surface area contributed by atoms with Crippen LogP contribution in [-0.4, -0.2) is 31.1 Å². The fraction of sp³-hybridized carbons (Fsp3) is 0.500. The Morgan fingerprint density at radius 3 is 2.42 bits per heavy atom. The number of benzene rings is 1. The normalized spacial score (nSPS) is 12.1. The molecule has 108 valence electrons. The summed E-state index contributed by atoms with van der Waals surface area (Å²) >= 11 is 15.0. The molecule has 0 spiro atoms. The first-order valence-electron chi connectivity index (χ1n) is 5.94. The van der Waals surface area contributed by atoms with Gasteiger partial charge in [-0.15, -0.1) is 0 Å². The standard InChI is InChI=1S/C12H16BrCl2NO2S/c1-2-3-7-16(8-6-13)19(17,18)10-4-5-11(14)12(15)9-10/h4-5,9H,2-3,6-8H2,1H3. The van der Waals surface area contributed by atoms with Crippen LogP contribution in [0.5, 0.6) is 0 Å². The molecule has 0 aliphatic heterocycles. The third-order valence-corrected chi connectivity index (χ3v) is 5.61. The second kappa shape index (κ2) is 7.84. The number of alkyl halides is 1. The molecule has 1 aromatic rings. The Labute approximate surface area is 133 Å². The van der Waals surface area contributed by atoms with Gasteiger partial charge in [0.1, 0.15) is 0 Å². The van der Waals surface area contributed by atoms with Gasteiger partial charge in [-0.3, -0.25) is 0 Å². The summed E-state index contributed by atoms with van der Waals surface area (Å²) in [6.07, 6.45) is 1.77. The molecular weight excluding hydrogens is 373 g/mol. The first kappa shape index (κ1) is 17.2. The zero-order valence-electron chi connectivity index (χ0n) is 10.6. The smallest absolute Gasteiger partial charge is 0.207 e. The van der Waals surface area contributed by atoms with E-state index in [1.54, 1.807) is 0 Å². The molecule has 0 radical (unpaired) electrons. The second-order valence-corrected chi connectivity index (χ2v) is 7.57. The van der Waals surface area contributed by atoms with Crippen molar-refractivity contribution in [2.24, 2.45) is 0 Å². The molecule has 0 amide bonds. The second-order valence-electron chi connectivity index (χ2n) is 4.02. The summed E-state index contributed by atoms with van der Waals surface area (Å²) < 4.78 is 26.5. The van der Waals surface area contributed by atoms with Crippen molar-refractivity contribution in [3.05, 3.63) is 28.2 Å². The molecule has 0 saturated heterocycles. The van der Waals surface area contributed by atoms with E-state index in [0.29, 0.717) is 23.4 Å². The van der Waals surface area contributed by atoms with Crippen LogP contribution in [0.15, 0.2) is 23.1 Å². The molecule has 0 bridgehead atoms. The van der Waals surface area contributed by atoms with E-state index in [-0.39, 0.29) is 9.92 Å². The maximum Gasteiger partial charge on any atom is 0.243 e. The third-order valence-electron chi connectivity index (χ3n) is 2.62. The van der Waals surface area contributed by atoms with Crippen LogP contribution < -0.4 is 0 Å². The predicted molar refractivity (Wildman–Crippen MR) is 83.9 cm³/mol. The van der Waals surface area contributed by atoms with Crippen molar-refractivity contribution in [1.82, 2.24) is 4.31 Å². The molecule has 1 aromatic carbocycles. The van der Waals surface area contributed by atoms with Crippen LogP contribution in [0, 0.1) is 0 Å². The number of hydrogen-bond donors (Lipinski definition) is 0. The first-order chi connectivity index (χ1) is 8.93. The quantitative estimate of drug-likeness (QED) is 0.657. The molecular formula is C12H16BrCl2NO2S. The molecule has 7 heteroatoms. The average Bonchev–Trinajstić information content (AvgIpc) is 2.37. The molecule has 0 aromatic heterocycles. The summed E-state index contributed by atoms with van der Waals surface area (Å²) in [4.78, 5) is 0.180. The van der Waals surface area contributed by atoms with Gasteiger partial charge < -0.3 is 0 Å². The maximum atomic E-state index is 12.5. The van der Waals surface area contributed by atoms with Crippen LogP contribution in [-0.2, 0) is 10.0 Å². The Bertz CT molecular complexity index is 522. The molecule has 19 heavy (non-hydrogen) atoms. The Balaban J connectivity index is 3.07. The van der Waals surface area contributed by atoms with E-state index in [1.807, 2.05) is 6.92 Å². The van der Waals surface area contributed by atoms with Crippen LogP contribution in [0.25, 0.3) is 0 Å². The fourth-order valence-electron chi connectivity index (χ4n) is 1.57. The van der Waals surface area contributed by atoms with E-state index in [1.165, 1.54) is 22.5 Å². The van der Waals surface area contributed by atoms with Crippen LogP contribution in [0.3, 0.4) is 0 Å². The van der Waals surface area contributed by atoms with Crippen molar-refractivity contribution in [3.63, 3.8) is 0 Å². The highest BCUT2D eigenvalue weighted by Gasteiger charge is 2.23. The maximum absolute atomic E-state index is 12.5. The zero-order valence-corrected chi connectivity index (χ0v) is 14.5. The summed E-state index contributed by atoms with van der Waals surface area (Å²) in [6.45, 7) is 2.96. The van der Waals surface area contributed by atoms with Crippen molar-refractivity contribution in [2.75, 3.05) is 18.4 Å². The average molecular weight is 389 g/mol. The van der Waals surface area contributed by atoms with Gasteiger partial charge in [-0.2, -0.15) is 4.31 Å². The number of nitrogens with zero attached hydrogens (tertiary/aromatic N) is 1. The molecule has 0 atom stereocenters. The minimum absolute atomic E-state index is 0.180. The molecule has 0 saturated carbocycles. The van der Waals surface area contributed by atoms with E-state index in [9.17, 15) is 8.42 Å². The third kappa shape index (κ3) is 4.60. The minimum Gasteiger partial charge on any atom is -0.207 e. The van der Waals surface area contributed by atoms with Crippen LogP contribution in [0.2, 0.25) is 10.0 Å². The number of rotatable bonds is 7. The lowest BCUT2D eigenvalue weighted by Gasteiger charge is -2.21. The topological polar surface area (TPSA) is 37.4 Å². The van der Waals surface area contributed by atoms with Gasteiger partial charge in [-0.05, 0) is 24.6 Å². The van der Waals surface area contributed by atoms with Crippen molar-refractivity contribution in [3.8, 4) is 0 Å². The minimum atomic E-state index is -3.51. The van der Waals surface area contributed by atoms with E-state index in [2.05, 4.69) is 15.9 Å². The molecule has 1 rings (SSSR count). The zero-order chi connectivity index (χ0) is 14.5. The molecule has 3 nitrogen and oxygen atoms in total. The highest BCUT2D eigenvalue weighted by molar-refractivity contribution is 9.09. The van der Waals surface area contributed by atoms with Gasteiger partial charge in [-0.1, -0.05) is 52.5 Å². The first-order valence-corrected chi connectivity index (χ1v) is 9.26. The highest BCUT2D eigenvalue weighted by atomic mass is 79.9. The lowest BCUT2D eigenvalue weighted by Crippen LogP contribution is -2.33. The summed E-state index contributed by atoms with van der Waals surface area (Å²) in [5.74, 6) is 0. The SMILES string of the molecule is CCCCN(CCBr)S(=O)(=O)c1ccc(Cl)c(Cl)c1. The summed E-state index contributed by atoms with van der Waals surface area (Å²) in [7, 11) is -3.51. The molecule has 0 aliphatic carbocycles. The van der Waals surface area contributed by atoms with E-state index in [0.717, 1.165) is 12.8 Å². The molecule has 0 fully saturated rings. The van der Waals surface area contributed by atoms with Gasteiger partial charge >= 0.3 is 0 Å². The van der Waals surface area contributed by atoms with Crippen molar-refractivity contribution in [2.45, 2.75) is 24.7 Å². The van der Waals surface area contributed by atoms with Gasteiger partial charge in [0.15, 0.2) is 0 Å². The number of hydrogen-bond acceptors (Lipinski definition) is 2. The van der Waals surface area contributed by atoms with Gasteiger partial charge in [0.25, 0.3) is 0 Å². The van der Waals surface area contributed by atoms with Gasteiger partial charge in [-0.25, -0.2) is 8.42 Å². The molecule has 0 unspecified atom stereocenters. The van der Waals surface area contributed by atoms with Gasteiger partial charge in [0, 0.05) is 18.4 Å². The molecule has 0 N–H and O–H groups in total. The van der Waals surface area contributed by atoms with E-state index >= 15 is 0 Å². The van der Waals surface area contributed by atoms with E-state index < -0.39 is 10.0 Å². The Hall–Kier alpha value is 0.190. The highest BCUT2D eigenvalue weighted by Crippen LogP contribution is 2.26. The summed E-state index contributed by atoms with van der Waals surface area (Å²) in [5.41, 5.74) is 0. The lowest BCUT2D eigenvalue weighted by molar-refractivity contribution is 0.422. The monoisotopic (exact) mass is 387 g/mol. The predicted octanol–water partition coefficient (Wildman–Crippen LogP) is 4.18. The Morgan fingerprint density at radius 2 is 1.89 bits per heavy atom. The van der Waals surface area contributed by atoms with Crippen LogP contribution in [0.4, 0.5) is 0 Å². The van der Waals surface area contributed by atoms with Crippen molar-refractivity contribution < 1.29 is 8.42 Å². The largest absolute Gasteiger partial charge is 0.243 e. The number of unbranched alkanes of at least 4 members (excludes halogenated alkanes) is 1. The summed E-state index contributed by atoms with van der Waals surface area (Å²) in [5, 5.41) is 1.19. The lowest BCUT2D eigenvalue weighted by atomic mass is 10.3. The number of sulfonamides is 1. The molecule has 0 aliphatic rings. The van der Waals surface area contributed by atoms with E-state index in [4.69, 9.17) is 23.2 Å². The van der Waals surface area contributed by atoms with Gasteiger partial charge in [0.05, 0.1) is 14.9 Å². The summed E-state index contributed by atoms with van der Waals surface area (Å²) in [6, 6.07) is 4.38. The number of halogens is 3. The van der Waals surface area contributed by atoms with Crippen molar-refractivity contribution in [1.29, 1.82) is 0 Å². The van der Waals surface area contributed by atoms with Gasteiger partial charge in [0.2, 0.25) is 10.0 Å². The Morgan fingerprint density at radius 1 is 1.21 bits per heavy atom. The fourth-order valence-corrected chi connectivity index (χ4v) is 4.10.